The second-order valence-corrected chi connectivity index (χ2v) is 4.90. The lowest BCUT2D eigenvalue weighted by Gasteiger charge is -2.08. The van der Waals surface area contributed by atoms with Crippen molar-refractivity contribution in [2.45, 2.75) is 19.9 Å². The lowest BCUT2D eigenvalue weighted by atomic mass is 10.1. The fraction of sp³-hybridized carbons (Fsp3) is 0.250. The lowest BCUT2D eigenvalue weighted by Crippen LogP contribution is -2.06. The van der Waals surface area contributed by atoms with E-state index in [1.54, 1.807) is 0 Å². The summed E-state index contributed by atoms with van der Waals surface area (Å²) >= 11 is 3.41. The Morgan fingerprint density at radius 2 is 1.88 bits per heavy atom. The molecule has 1 heterocycles. The molecule has 0 atom stereocenters. The Morgan fingerprint density at radius 3 is 2.38 bits per heavy atom. The number of hydrogen-bond donors (Lipinski definition) is 1. The minimum atomic E-state index is 0.282. The Bertz CT molecular complexity index is 485. The highest BCUT2D eigenvalue weighted by Gasteiger charge is 2.10. The number of benzene rings is 1. The molecule has 0 amide bonds. The van der Waals surface area contributed by atoms with Gasteiger partial charge in [-0.25, -0.2) is 4.68 Å². The first-order valence-corrected chi connectivity index (χ1v) is 5.98. The van der Waals surface area contributed by atoms with Gasteiger partial charge in [0.25, 0.3) is 0 Å². The van der Waals surface area contributed by atoms with Crippen LogP contribution in [0.15, 0.2) is 34.9 Å². The van der Waals surface area contributed by atoms with Crippen LogP contribution < -0.4 is 5.73 Å². The number of anilines is 1. The van der Waals surface area contributed by atoms with E-state index in [1.807, 2.05) is 35.1 Å². The molecule has 0 unspecified atom stereocenters. The van der Waals surface area contributed by atoms with E-state index in [4.69, 9.17) is 5.73 Å². The van der Waals surface area contributed by atoms with Crippen molar-refractivity contribution in [1.29, 1.82) is 0 Å². The average molecular weight is 280 g/mol. The van der Waals surface area contributed by atoms with Crippen molar-refractivity contribution in [3.8, 4) is 11.1 Å². The third-order valence-electron chi connectivity index (χ3n) is 2.48. The molecule has 0 bridgehead atoms. The van der Waals surface area contributed by atoms with Gasteiger partial charge < -0.3 is 5.73 Å². The fourth-order valence-corrected chi connectivity index (χ4v) is 1.90. The zero-order valence-electron chi connectivity index (χ0n) is 9.31. The van der Waals surface area contributed by atoms with Crippen molar-refractivity contribution in [3.05, 3.63) is 34.9 Å². The van der Waals surface area contributed by atoms with Gasteiger partial charge in [0.15, 0.2) is 0 Å². The Morgan fingerprint density at radius 1 is 1.25 bits per heavy atom. The standard InChI is InChI=1S/C12H14BrN3/c1-8(2)16-12(14)11(7-15-16)9-3-5-10(13)6-4-9/h3-8H,14H2,1-2H3. The zero-order chi connectivity index (χ0) is 11.7. The van der Waals surface area contributed by atoms with E-state index in [9.17, 15) is 0 Å². The number of nitrogens with zero attached hydrogens (tertiary/aromatic N) is 2. The summed E-state index contributed by atoms with van der Waals surface area (Å²) in [7, 11) is 0. The summed E-state index contributed by atoms with van der Waals surface area (Å²) in [6.45, 7) is 4.13. The van der Waals surface area contributed by atoms with Crippen LogP contribution in [0.5, 0.6) is 0 Å². The number of nitrogen functional groups attached to an aromatic ring is 1. The van der Waals surface area contributed by atoms with E-state index in [2.05, 4.69) is 34.9 Å². The molecule has 0 spiro atoms. The highest BCUT2D eigenvalue weighted by Crippen LogP contribution is 2.28. The van der Waals surface area contributed by atoms with E-state index >= 15 is 0 Å². The van der Waals surface area contributed by atoms with Crippen molar-refractivity contribution < 1.29 is 0 Å². The summed E-state index contributed by atoms with van der Waals surface area (Å²) in [4.78, 5) is 0. The van der Waals surface area contributed by atoms with Crippen molar-refractivity contribution >= 4 is 21.7 Å². The van der Waals surface area contributed by atoms with Gasteiger partial charge in [-0.1, -0.05) is 28.1 Å². The first-order chi connectivity index (χ1) is 7.59. The molecule has 2 rings (SSSR count). The van der Waals surface area contributed by atoms with E-state index in [0.717, 1.165) is 21.4 Å². The van der Waals surface area contributed by atoms with Crippen LogP contribution in [0.4, 0.5) is 5.82 Å². The maximum atomic E-state index is 6.06. The molecular weight excluding hydrogens is 266 g/mol. The summed E-state index contributed by atoms with van der Waals surface area (Å²) in [5.41, 5.74) is 8.14. The van der Waals surface area contributed by atoms with Gasteiger partial charge in [-0.15, -0.1) is 0 Å². The molecular formula is C12H14BrN3. The van der Waals surface area contributed by atoms with Gasteiger partial charge in [-0.3, -0.25) is 0 Å². The van der Waals surface area contributed by atoms with Crippen molar-refractivity contribution in [2.24, 2.45) is 0 Å². The van der Waals surface area contributed by atoms with E-state index < -0.39 is 0 Å². The van der Waals surface area contributed by atoms with Crippen molar-refractivity contribution in [1.82, 2.24) is 9.78 Å². The maximum absolute atomic E-state index is 6.06. The van der Waals surface area contributed by atoms with Gasteiger partial charge in [0.2, 0.25) is 0 Å². The van der Waals surface area contributed by atoms with Crippen LogP contribution in [0.3, 0.4) is 0 Å². The van der Waals surface area contributed by atoms with Gasteiger partial charge in [-0.2, -0.15) is 5.10 Å². The van der Waals surface area contributed by atoms with Gasteiger partial charge in [-0.05, 0) is 31.5 Å². The molecule has 0 aliphatic rings. The number of rotatable bonds is 2. The lowest BCUT2D eigenvalue weighted by molar-refractivity contribution is 0.541. The Kier molecular flexibility index (Phi) is 3.01. The van der Waals surface area contributed by atoms with E-state index in [-0.39, 0.29) is 6.04 Å². The van der Waals surface area contributed by atoms with Crippen LogP contribution in [-0.4, -0.2) is 9.78 Å². The largest absolute Gasteiger partial charge is 0.383 e. The van der Waals surface area contributed by atoms with Crippen LogP contribution in [-0.2, 0) is 0 Å². The normalized spacial score (nSPS) is 11.0. The van der Waals surface area contributed by atoms with Gasteiger partial charge >= 0.3 is 0 Å². The number of hydrogen-bond acceptors (Lipinski definition) is 2. The quantitative estimate of drug-likeness (QED) is 0.915. The average Bonchev–Trinajstić information content (AvgIpc) is 2.61. The molecule has 2 N–H and O–H groups in total. The molecule has 2 aromatic rings. The fourth-order valence-electron chi connectivity index (χ4n) is 1.64. The predicted molar refractivity (Wildman–Crippen MR) is 70.2 cm³/mol. The molecule has 0 radical (unpaired) electrons. The van der Waals surface area contributed by atoms with E-state index in [1.165, 1.54) is 0 Å². The Labute approximate surface area is 103 Å². The van der Waals surface area contributed by atoms with Crippen LogP contribution in [0.25, 0.3) is 11.1 Å². The first-order valence-electron chi connectivity index (χ1n) is 5.18. The highest BCUT2D eigenvalue weighted by molar-refractivity contribution is 9.10. The molecule has 0 aliphatic heterocycles. The van der Waals surface area contributed by atoms with Gasteiger partial charge in [0.1, 0.15) is 5.82 Å². The maximum Gasteiger partial charge on any atom is 0.129 e. The second kappa shape index (κ2) is 4.29. The summed E-state index contributed by atoms with van der Waals surface area (Å²) < 4.78 is 2.89. The molecule has 16 heavy (non-hydrogen) atoms. The van der Waals surface area contributed by atoms with Crippen LogP contribution in [0.1, 0.15) is 19.9 Å². The molecule has 1 aromatic carbocycles. The minimum Gasteiger partial charge on any atom is -0.383 e. The molecule has 0 saturated heterocycles. The van der Waals surface area contributed by atoms with Gasteiger partial charge in [0.05, 0.1) is 6.20 Å². The molecule has 4 heteroatoms. The summed E-state index contributed by atoms with van der Waals surface area (Å²) in [6, 6.07) is 8.34. The molecule has 84 valence electrons. The summed E-state index contributed by atoms with van der Waals surface area (Å²) in [5.74, 6) is 0.720. The second-order valence-electron chi connectivity index (χ2n) is 3.99. The molecule has 0 aliphatic carbocycles. The molecule has 1 aromatic heterocycles. The third kappa shape index (κ3) is 1.97. The van der Waals surface area contributed by atoms with Crippen molar-refractivity contribution in [2.75, 3.05) is 5.73 Å². The number of aromatic nitrogens is 2. The number of nitrogens with two attached hydrogens (primary N) is 1. The molecule has 0 fully saturated rings. The zero-order valence-corrected chi connectivity index (χ0v) is 10.9. The minimum absolute atomic E-state index is 0.282. The summed E-state index contributed by atoms with van der Waals surface area (Å²) in [6.07, 6.45) is 1.82. The van der Waals surface area contributed by atoms with E-state index in [0.29, 0.717) is 0 Å². The van der Waals surface area contributed by atoms with Crippen LogP contribution in [0.2, 0.25) is 0 Å². The smallest absolute Gasteiger partial charge is 0.129 e. The monoisotopic (exact) mass is 279 g/mol. The Balaban J connectivity index is 2.45. The Hall–Kier alpha value is -1.29. The van der Waals surface area contributed by atoms with Crippen LogP contribution >= 0.6 is 15.9 Å². The van der Waals surface area contributed by atoms with Gasteiger partial charge in [0, 0.05) is 16.1 Å². The highest BCUT2D eigenvalue weighted by atomic mass is 79.9. The topological polar surface area (TPSA) is 43.8 Å². The predicted octanol–water partition coefficient (Wildman–Crippen LogP) is 3.48. The number of halogens is 1. The summed E-state index contributed by atoms with van der Waals surface area (Å²) in [5, 5.41) is 4.29. The molecule has 3 nitrogen and oxygen atoms in total. The van der Waals surface area contributed by atoms with Crippen LogP contribution in [0, 0.1) is 0 Å². The third-order valence-corrected chi connectivity index (χ3v) is 3.01. The molecule has 0 saturated carbocycles. The SMILES string of the molecule is CC(C)n1ncc(-c2ccc(Br)cc2)c1N. The first kappa shape index (κ1) is 11.2. The van der Waals surface area contributed by atoms with Crippen molar-refractivity contribution in [3.63, 3.8) is 0 Å².